The van der Waals surface area contributed by atoms with Gasteiger partial charge < -0.3 is 15.0 Å². The van der Waals surface area contributed by atoms with Gasteiger partial charge in [0, 0.05) is 24.2 Å². The van der Waals surface area contributed by atoms with Gasteiger partial charge in [-0.2, -0.15) is 0 Å². The number of piperidine rings is 1. The van der Waals surface area contributed by atoms with Crippen molar-refractivity contribution in [3.63, 3.8) is 0 Å². The quantitative estimate of drug-likeness (QED) is 0.784. The van der Waals surface area contributed by atoms with Crippen molar-refractivity contribution in [2.45, 2.75) is 96.0 Å². The first-order valence-corrected chi connectivity index (χ1v) is 8.68. The Labute approximate surface area is 135 Å². The smallest absolute Gasteiger partial charge is 0.410 e. The van der Waals surface area contributed by atoms with Crippen molar-refractivity contribution in [2.24, 2.45) is 0 Å². The molecule has 3 atom stereocenters. The molecule has 0 radical (unpaired) electrons. The second kappa shape index (κ2) is 7.03. The van der Waals surface area contributed by atoms with Crippen LogP contribution in [0.5, 0.6) is 0 Å². The fourth-order valence-electron chi connectivity index (χ4n) is 3.78. The minimum Gasteiger partial charge on any atom is -0.444 e. The maximum absolute atomic E-state index is 12.4. The van der Waals surface area contributed by atoms with Gasteiger partial charge in [-0.05, 0) is 66.2 Å². The molecule has 4 heteroatoms. The van der Waals surface area contributed by atoms with Crippen LogP contribution in [0.2, 0.25) is 0 Å². The van der Waals surface area contributed by atoms with Crippen LogP contribution in [0.1, 0.15) is 66.2 Å². The van der Waals surface area contributed by atoms with Gasteiger partial charge in [0.15, 0.2) is 0 Å². The summed E-state index contributed by atoms with van der Waals surface area (Å²) in [5.41, 5.74) is -0.412. The van der Waals surface area contributed by atoms with Gasteiger partial charge in [-0.15, -0.1) is 6.58 Å². The van der Waals surface area contributed by atoms with Crippen LogP contribution < -0.4 is 5.32 Å². The van der Waals surface area contributed by atoms with Crippen molar-refractivity contribution < 1.29 is 9.53 Å². The fourth-order valence-corrected chi connectivity index (χ4v) is 3.78. The first-order chi connectivity index (χ1) is 10.3. The Balaban J connectivity index is 1.88. The van der Waals surface area contributed by atoms with E-state index < -0.39 is 5.60 Å². The largest absolute Gasteiger partial charge is 0.444 e. The van der Waals surface area contributed by atoms with Crippen molar-refractivity contribution >= 4 is 6.09 Å². The lowest BCUT2D eigenvalue weighted by molar-refractivity contribution is 0.00434. The SMILES string of the molecule is C=CCCC(C)NC1CC2CCC(C1)N2C(=O)OC(C)(C)C. The Morgan fingerprint density at radius 1 is 1.36 bits per heavy atom. The molecule has 2 heterocycles. The zero-order valence-electron chi connectivity index (χ0n) is 14.6. The van der Waals surface area contributed by atoms with Gasteiger partial charge in [-0.25, -0.2) is 4.79 Å². The first-order valence-electron chi connectivity index (χ1n) is 8.68. The molecule has 2 fully saturated rings. The molecule has 2 aliphatic rings. The third-order valence-corrected chi connectivity index (χ3v) is 4.66. The number of ether oxygens (including phenoxy) is 1. The van der Waals surface area contributed by atoms with E-state index in [-0.39, 0.29) is 6.09 Å². The summed E-state index contributed by atoms with van der Waals surface area (Å²) in [6.07, 6.45) is 8.36. The van der Waals surface area contributed by atoms with Gasteiger partial charge in [0.05, 0.1) is 0 Å². The number of nitrogens with one attached hydrogen (secondary N) is 1. The molecular weight excluding hydrogens is 276 g/mol. The standard InChI is InChI=1S/C18H32N2O2/c1-6-7-8-13(2)19-14-11-15-9-10-16(12-14)20(15)17(21)22-18(3,4)5/h6,13-16,19H,1,7-12H2,2-5H3. The summed E-state index contributed by atoms with van der Waals surface area (Å²) in [4.78, 5) is 14.4. The maximum atomic E-state index is 12.4. The Morgan fingerprint density at radius 3 is 2.45 bits per heavy atom. The molecule has 2 saturated heterocycles. The number of carbonyl (C=O) groups excluding carboxylic acids is 1. The molecule has 2 aliphatic heterocycles. The number of amides is 1. The molecule has 0 saturated carbocycles. The minimum atomic E-state index is -0.412. The molecule has 22 heavy (non-hydrogen) atoms. The summed E-state index contributed by atoms with van der Waals surface area (Å²) in [7, 11) is 0. The number of allylic oxidation sites excluding steroid dienone is 1. The highest BCUT2D eigenvalue weighted by Gasteiger charge is 2.44. The Hall–Kier alpha value is -1.03. The lowest BCUT2D eigenvalue weighted by Gasteiger charge is -2.40. The zero-order chi connectivity index (χ0) is 16.3. The summed E-state index contributed by atoms with van der Waals surface area (Å²) in [5.74, 6) is 0. The topological polar surface area (TPSA) is 41.6 Å². The highest BCUT2D eigenvalue weighted by Crippen LogP contribution is 2.37. The van der Waals surface area contributed by atoms with Crippen LogP contribution in [0.4, 0.5) is 4.79 Å². The molecule has 0 aromatic carbocycles. The minimum absolute atomic E-state index is 0.127. The van der Waals surface area contributed by atoms with Gasteiger partial charge >= 0.3 is 6.09 Å². The molecule has 1 amide bonds. The van der Waals surface area contributed by atoms with E-state index in [4.69, 9.17) is 4.74 Å². The van der Waals surface area contributed by atoms with Crippen LogP contribution in [0.3, 0.4) is 0 Å². The summed E-state index contributed by atoms with van der Waals surface area (Å²) in [5, 5.41) is 3.74. The van der Waals surface area contributed by atoms with Gasteiger partial charge in [0.25, 0.3) is 0 Å². The van der Waals surface area contributed by atoms with E-state index in [1.165, 1.54) is 0 Å². The summed E-state index contributed by atoms with van der Waals surface area (Å²) in [6, 6.07) is 1.72. The number of nitrogens with zero attached hydrogens (tertiary/aromatic N) is 1. The predicted octanol–water partition coefficient (Wildman–Crippen LogP) is 3.86. The molecule has 126 valence electrons. The monoisotopic (exact) mass is 308 g/mol. The van der Waals surface area contributed by atoms with Crippen LogP contribution in [-0.2, 0) is 4.74 Å². The van der Waals surface area contributed by atoms with Crippen LogP contribution in [-0.4, -0.2) is 40.8 Å². The van der Waals surface area contributed by atoms with Crippen molar-refractivity contribution in [2.75, 3.05) is 0 Å². The van der Waals surface area contributed by atoms with E-state index in [1.54, 1.807) is 0 Å². The van der Waals surface area contributed by atoms with E-state index in [0.29, 0.717) is 24.2 Å². The molecule has 2 rings (SSSR count). The third-order valence-electron chi connectivity index (χ3n) is 4.66. The molecule has 4 nitrogen and oxygen atoms in total. The summed E-state index contributed by atoms with van der Waals surface area (Å²) < 4.78 is 5.58. The van der Waals surface area contributed by atoms with Crippen molar-refractivity contribution in [3.8, 4) is 0 Å². The number of rotatable bonds is 5. The van der Waals surface area contributed by atoms with Crippen LogP contribution in [0.15, 0.2) is 12.7 Å². The Kier molecular flexibility index (Phi) is 5.54. The molecule has 0 spiro atoms. The second-order valence-electron chi connectivity index (χ2n) is 7.87. The van der Waals surface area contributed by atoms with Crippen molar-refractivity contribution in [1.82, 2.24) is 10.2 Å². The normalized spacial score (nSPS) is 29.3. The molecule has 1 N–H and O–H groups in total. The summed E-state index contributed by atoms with van der Waals surface area (Å²) >= 11 is 0. The highest BCUT2D eigenvalue weighted by atomic mass is 16.6. The van der Waals surface area contributed by atoms with E-state index in [9.17, 15) is 4.79 Å². The molecule has 2 bridgehead atoms. The van der Waals surface area contributed by atoms with E-state index >= 15 is 0 Å². The summed E-state index contributed by atoms with van der Waals surface area (Å²) in [6.45, 7) is 11.8. The van der Waals surface area contributed by atoms with Crippen LogP contribution >= 0.6 is 0 Å². The predicted molar refractivity (Wildman–Crippen MR) is 89.9 cm³/mol. The first kappa shape index (κ1) is 17.3. The molecule has 0 aromatic rings. The van der Waals surface area contributed by atoms with Gasteiger partial charge in [0.2, 0.25) is 0 Å². The zero-order valence-corrected chi connectivity index (χ0v) is 14.6. The van der Waals surface area contributed by atoms with Crippen molar-refractivity contribution in [3.05, 3.63) is 12.7 Å². The van der Waals surface area contributed by atoms with Crippen molar-refractivity contribution in [1.29, 1.82) is 0 Å². The van der Waals surface area contributed by atoms with Crippen LogP contribution in [0, 0.1) is 0 Å². The van der Waals surface area contributed by atoms with Gasteiger partial charge in [-0.1, -0.05) is 6.08 Å². The molecular formula is C18H32N2O2. The third kappa shape index (κ3) is 4.48. The van der Waals surface area contributed by atoms with Gasteiger partial charge in [0.1, 0.15) is 5.60 Å². The second-order valence-corrected chi connectivity index (χ2v) is 7.87. The molecule has 0 aromatic heterocycles. The lowest BCUT2D eigenvalue weighted by atomic mass is 9.96. The number of hydrogen-bond donors (Lipinski definition) is 1. The van der Waals surface area contributed by atoms with E-state index in [1.807, 2.05) is 31.7 Å². The number of hydrogen-bond acceptors (Lipinski definition) is 3. The maximum Gasteiger partial charge on any atom is 0.410 e. The van der Waals surface area contributed by atoms with Gasteiger partial charge in [-0.3, -0.25) is 0 Å². The van der Waals surface area contributed by atoms with Crippen LogP contribution in [0.25, 0.3) is 0 Å². The average molecular weight is 308 g/mol. The average Bonchev–Trinajstić information content (AvgIpc) is 2.66. The Bertz CT molecular complexity index is 388. The Morgan fingerprint density at radius 2 is 1.95 bits per heavy atom. The van der Waals surface area contributed by atoms with E-state index in [0.717, 1.165) is 38.5 Å². The fraction of sp³-hybridized carbons (Fsp3) is 0.833. The molecule has 0 aliphatic carbocycles. The van der Waals surface area contributed by atoms with E-state index in [2.05, 4.69) is 18.8 Å². The molecule has 3 unspecified atom stereocenters. The highest BCUT2D eigenvalue weighted by molar-refractivity contribution is 5.69. The number of carbonyl (C=O) groups is 1. The lowest BCUT2D eigenvalue weighted by Crippen LogP contribution is -2.53. The number of fused-ring (bicyclic) bond motifs is 2.